The number of amides is 1. The number of rotatable bonds is 5. The number of halogens is 2. The lowest BCUT2D eigenvalue weighted by atomic mass is 10.1. The van der Waals surface area contributed by atoms with Gasteiger partial charge in [0.2, 0.25) is 5.91 Å². The Morgan fingerprint density at radius 2 is 1.90 bits per heavy atom. The Kier molecular flexibility index (Phi) is 7.06. The lowest BCUT2D eigenvalue weighted by Crippen LogP contribution is -2.32. The first-order valence-electron chi connectivity index (χ1n) is 8.83. The third-order valence-corrected chi connectivity index (χ3v) is 5.05. The average Bonchev–Trinajstić information content (AvgIpc) is 3.19. The summed E-state index contributed by atoms with van der Waals surface area (Å²) in [6.45, 7) is 1.91. The van der Waals surface area contributed by atoms with E-state index in [1.165, 1.54) is 30.4 Å². The van der Waals surface area contributed by atoms with Crippen molar-refractivity contribution in [3.63, 3.8) is 0 Å². The summed E-state index contributed by atoms with van der Waals surface area (Å²) >= 11 is 17.2. The fourth-order valence-electron chi connectivity index (χ4n) is 2.53. The molecule has 1 amide bonds. The third kappa shape index (κ3) is 5.91. The zero-order valence-corrected chi connectivity index (χ0v) is 18.3. The van der Waals surface area contributed by atoms with Gasteiger partial charge in [0.25, 0.3) is 5.69 Å². The summed E-state index contributed by atoms with van der Waals surface area (Å²) < 4.78 is 5.72. The summed E-state index contributed by atoms with van der Waals surface area (Å²) in [6, 6.07) is 13.0. The van der Waals surface area contributed by atoms with E-state index in [2.05, 4.69) is 10.6 Å². The Labute approximate surface area is 192 Å². The first kappa shape index (κ1) is 22.5. The highest BCUT2D eigenvalue weighted by molar-refractivity contribution is 7.80. The van der Waals surface area contributed by atoms with Crippen molar-refractivity contribution >= 4 is 63.9 Å². The van der Waals surface area contributed by atoms with Crippen molar-refractivity contribution in [1.29, 1.82) is 0 Å². The SMILES string of the molecule is Cc1ccc(-c2ccc(/C=C/C(=O)NC(=S)Nc3ccc([N+](=O)[O-])cc3Cl)o2)cc1Cl. The molecule has 0 spiro atoms. The second-order valence-corrected chi connectivity index (χ2v) is 7.59. The van der Waals surface area contributed by atoms with Crippen molar-refractivity contribution < 1.29 is 14.1 Å². The molecular formula is C21H15Cl2N3O4S. The number of furan rings is 1. The van der Waals surface area contributed by atoms with Gasteiger partial charge in [-0.1, -0.05) is 35.3 Å². The Hall–Kier alpha value is -3.20. The minimum absolute atomic E-state index is 0.0140. The lowest BCUT2D eigenvalue weighted by Gasteiger charge is -2.09. The van der Waals surface area contributed by atoms with Gasteiger partial charge in [0, 0.05) is 28.8 Å². The number of anilines is 1. The minimum Gasteiger partial charge on any atom is -0.457 e. The molecule has 0 saturated carbocycles. The summed E-state index contributed by atoms with van der Waals surface area (Å²) in [4.78, 5) is 22.3. The molecule has 3 aromatic rings. The second kappa shape index (κ2) is 9.74. The molecule has 1 heterocycles. The van der Waals surface area contributed by atoms with Gasteiger partial charge in [-0.3, -0.25) is 20.2 Å². The summed E-state index contributed by atoms with van der Waals surface area (Å²) in [7, 11) is 0. The average molecular weight is 476 g/mol. The van der Waals surface area contributed by atoms with Gasteiger partial charge in [0.15, 0.2) is 5.11 Å². The van der Waals surface area contributed by atoms with Gasteiger partial charge in [-0.15, -0.1) is 0 Å². The highest BCUT2D eigenvalue weighted by atomic mass is 35.5. The number of benzene rings is 2. The van der Waals surface area contributed by atoms with Gasteiger partial charge in [-0.2, -0.15) is 0 Å². The zero-order chi connectivity index (χ0) is 22.5. The number of nitro groups is 1. The molecule has 0 aliphatic rings. The third-order valence-electron chi connectivity index (χ3n) is 4.13. The normalized spacial score (nSPS) is 10.8. The molecule has 0 radical (unpaired) electrons. The van der Waals surface area contributed by atoms with Gasteiger partial charge in [-0.05, 0) is 55.0 Å². The molecule has 0 saturated heterocycles. The number of thiocarbonyl (C=S) groups is 1. The number of non-ortho nitro benzene ring substituents is 1. The van der Waals surface area contributed by atoms with Crippen LogP contribution < -0.4 is 10.6 Å². The van der Waals surface area contributed by atoms with E-state index in [0.29, 0.717) is 22.2 Å². The first-order chi connectivity index (χ1) is 14.7. The van der Waals surface area contributed by atoms with E-state index in [0.717, 1.165) is 11.1 Å². The van der Waals surface area contributed by atoms with Crippen molar-refractivity contribution in [2.75, 3.05) is 5.32 Å². The fourth-order valence-corrected chi connectivity index (χ4v) is 3.14. The van der Waals surface area contributed by atoms with Crippen LogP contribution in [0.2, 0.25) is 10.0 Å². The number of carbonyl (C=O) groups is 1. The Bertz CT molecular complexity index is 1210. The van der Waals surface area contributed by atoms with Crippen LogP contribution in [0.15, 0.2) is 59.0 Å². The molecule has 1 aromatic heterocycles. The first-order valence-corrected chi connectivity index (χ1v) is 9.99. The van der Waals surface area contributed by atoms with E-state index >= 15 is 0 Å². The maximum atomic E-state index is 12.1. The molecule has 2 aromatic carbocycles. The number of aryl methyl sites for hydroxylation is 1. The monoisotopic (exact) mass is 475 g/mol. The van der Waals surface area contributed by atoms with E-state index in [9.17, 15) is 14.9 Å². The second-order valence-electron chi connectivity index (χ2n) is 6.36. The van der Waals surface area contributed by atoms with Crippen LogP contribution in [0.1, 0.15) is 11.3 Å². The quantitative estimate of drug-likeness (QED) is 0.203. The molecule has 0 fully saturated rings. The molecule has 158 valence electrons. The number of hydrogen-bond donors (Lipinski definition) is 2. The number of hydrogen-bond acceptors (Lipinski definition) is 5. The molecular weight excluding hydrogens is 461 g/mol. The van der Waals surface area contributed by atoms with Crippen LogP contribution in [-0.4, -0.2) is 15.9 Å². The molecule has 0 unspecified atom stereocenters. The Morgan fingerprint density at radius 3 is 2.58 bits per heavy atom. The van der Waals surface area contributed by atoms with Gasteiger partial charge < -0.3 is 9.73 Å². The van der Waals surface area contributed by atoms with Gasteiger partial charge in [0.1, 0.15) is 11.5 Å². The minimum atomic E-state index is -0.561. The van der Waals surface area contributed by atoms with Crippen molar-refractivity contribution in [3.05, 3.63) is 86.1 Å². The molecule has 0 aliphatic carbocycles. The van der Waals surface area contributed by atoms with Crippen molar-refractivity contribution in [1.82, 2.24) is 5.32 Å². The van der Waals surface area contributed by atoms with Crippen LogP contribution in [0, 0.1) is 17.0 Å². The van der Waals surface area contributed by atoms with Crippen molar-refractivity contribution in [2.45, 2.75) is 6.92 Å². The molecule has 0 atom stereocenters. The van der Waals surface area contributed by atoms with E-state index in [4.69, 9.17) is 39.8 Å². The lowest BCUT2D eigenvalue weighted by molar-refractivity contribution is -0.384. The van der Waals surface area contributed by atoms with Gasteiger partial charge in [0.05, 0.1) is 15.6 Å². The van der Waals surface area contributed by atoms with E-state index in [1.54, 1.807) is 12.1 Å². The molecule has 2 N–H and O–H groups in total. The van der Waals surface area contributed by atoms with Crippen LogP contribution in [0.4, 0.5) is 11.4 Å². The van der Waals surface area contributed by atoms with Gasteiger partial charge in [-0.25, -0.2) is 0 Å². The topological polar surface area (TPSA) is 97.4 Å². The molecule has 31 heavy (non-hydrogen) atoms. The highest BCUT2D eigenvalue weighted by Gasteiger charge is 2.11. The Morgan fingerprint density at radius 1 is 1.13 bits per heavy atom. The predicted molar refractivity (Wildman–Crippen MR) is 125 cm³/mol. The maximum absolute atomic E-state index is 12.1. The zero-order valence-electron chi connectivity index (χ0n) is 16.0. The molecule has 7 nitrogen and oxygen atoms in total. The number of nitrogens with zero attached hydrogens (tertiary/aromatic N) is 1. The van der Waals surface area contributed by atoms with Crippen LogP contribution >= 0.6 is 35.4 Å². The summed E-state index contributed by atoms with van der Waals surface area (Å²) in [5.41, 5.74) is 1.96. The van der Waals surface area contributed by atoms with Crippen molar-refractivity contribution in [2.24, 2.45) is 0 Å². The summed E-state index contributed by atoms with van der Waals surface area (Å²) in [6.07, 6.45) is 2.76. The van der Waals surface area contributed by atoms with Crippen LogP contribution in [0.3, 0.4) is 0 Å². The number of nitrogens with one attached hydrogen (secondary N) is 2. The number of nitro benzene ring substituents is 1. The summed E-state index contributed by atoms with van der Waals surface area (Å²) in [5, 5.41) is 16.7. The highest BCUT2D eigenvalue weighted by Crippen LogP contribution is 2.28. The van der Waals surface area contributed by atoms with E-state index in [1.807, 2.05) is 25.1 Å². The molecule has 0 bridgehead atoms. The number of carbonyl (C=O) groups excluding carboxylic acids is 1. The standard InChI is InChI=1S/C21H15Cl2N3O4S/c1-12-2-3-13(10-16(12)22)19-8-5-15(30-19)6-9-20(27)25-21(31)24-18-7-4-14(26(28)29)11-17(18)23/h2-11H,1H3,(H2,24,25,27,31)/b9-6+. The van der Waals surface area contributed by atoms with Crippen LogP contribution in [0.5, 0.6) is 0 Å². The largest absolute Gasteiger partial charge is 0.457 e. The van der Waals surface area contributed by atoms with Crippen LogP contribution in [-0.2, 0) is 4.79 Å². The molecule has 3 rings (SSSR count). The van der Waals surface area contributed by atoms with Gasteiger partial charge >= 0.3 is 0 Å². The molecule has 10 heteroatoms. The summed E-state index contributed by atoms with van der Waals surface area (Å²) in [5.74, 6) is 0.595. The predicted octanol–water partition coefficient (Wildman–Crippen LogP) is 6.00. The van der Waals surface area contributed by atoms with E-state index in [-0.39, 0.29) is 15.8 Å². The maximum Gasteiger partial charge on any atom is 0.271 e. The van der Waals surface area contributed by atoms with Crippen molar-refractivity contribution in [3.8, 4) is 11.3 Å². The van der Waals surface area contributed by atoms with Crippen LogP contribution in [0.25, 0.3) is 17.4 Å². The fraction of sp³-hybridized carbons (Fsp3) is 0.0476. The molecule has 0 aliphatic heterocycles. The van der Waals surface area contributed by atoms with E-state index < -0.39 is 10.8 Å². The Balaban J connectivity index is 1.59. The smallest absolute Gasteiger partial charge is 0.271 e.